The third-order valence-corrected chi connectivity index (χ3v) is 3.26. The summed E-state index contributed by atoms with van der Waals surface area (Å²) in [6.45, 7) is 0. The molecule has 0 bridgehead atoms. The molecule has 2 aromatic carbocycles. The minimum absolute atomic E-state index is 0.109. The molecule has 118 valence electrons. The molecule has 8 heteroatoms. The van der Waals surface area contributed by atoms with Crippen molar-refractivity contribution in [3.8, 4) is 45.8 Å². The van der Waals surface area contributed by atoms with Crippen LogP contribution in [0.5, 0.6) is 34.5 Å². The standard InChI is InChI=1S/C15H10O8/c16-6-3-7-11(20)13(22)14(23-15(7)10(19)4-6)5-1-8(17)12(21)9(18)2-5/h1-4,16-19,21-22H. The second-order valence-corrected chi connectivity index (χ2v) is 4.81. The number of benzene rings is 2. The fourth-order valence-corrected chi connectivity index (χ4v) is 2.19. The van der Waals surface area contributed by atoms with E-state index in [4.69, 9.17) is 4.42 Å². The van der Waals surface area contributed by atoms with E-state index < -0.39 is 45.7 Å². The van der Waals surface area contributed by atoms with E-state index in [2.05, 4.69) is 0 Å². The lowest BCUT2D eigenvalue weighted by Crippen LogP contribution is -2.02. The van der Waals surface area contributed by atoms with Crippen LogP contribution < -0.4 is 5.43 Å². The summed E-state index contributed by atoms with van der Waals surface area (Å²) in [5.41, 5.74) is -1.34. The van der Waals surface area contributed by atoms with Crippen molar-refractivity contribution in [2.45, 2.75) is 0 Å². The fourth-order valence-electron chi connectivity index (χ4n) is 2.19. The SMILES string of the molecule is O=c1c(O)c(-c2cc(O)c(O)c(O)c2)oc2c(O)cc(O)cc12. The van der Waals surface area contributed by atoms with Gasteiger partial charge >= 0.3 is 0 Å². The maximum Gasteiger partial charge on any atom is 0.235 e. The monoisotopic (exact) mass is 318 g/mol. The van der Waals surface area contributed by atoms with E-state index in [1.807, 2.05) is 0 Å². The number of rotatable bonds is 1. The number of phenols is 5. The molecule has 0 aliphatic carbocycles. The van der Waals surface area contributed by atoms with Gasteiger partial charge in [0.25, 0.3) is 0 Å². The lowest BCUT2D eigenvalue weighted by atomic mass is 10.1. The number of phenolic OH excluding ortho intramolecular Hbond substituents is 5. The third-order valence-electron chi connectivity index (χ3n) is 3.26. The van der Waals surface area contributed by atoms with Crippen LogP contribution in [0.3, 0.4) is 0 Å². The van der Waals surface area contributed by atoms with E-state index in [9.17, 15) is 35.4 Å². The van der Waals surface area contributed by atoms with Crippen LogP contribution in [-0.2, 0) is 0 Å². The fraction of sp³-hybridized carbons (Fsp3) is 0. The Bertz CT molecular complexity index is 980. The summed E-state index contributed by atoms with van der Waals surface area (Å²) in [6, 6.07) is 3.86. The number of hydrogen-bond acceptors (Lipinski definition) is 8. The van der Waals surface area contributed by atoms with Crippen LogP contribution in [0.1, 0.15) is 0 Å². The van der Waals surface area contributed by atoms with Crippen molar-refractivity contribution < 1.29 is 35.1 Å². The van der Waals surface area contributed by atoms with Gasteiger partial charge in [-0.05, 0) is 18.2 Å². The Morgan fingerprint density at radius 3 is 1.96 bits per heavy atom. The summed E-state index contributed by atoms with van der Waals surface area (Å²) < 4.78 is 5.28. The van der Waals surface area contributed by atoms with E-state index in [1.54, 1.807) is 0 Å². The quantitative estimate of drug-likeness (QED) is 0.371. The van der Waals surface area contributed by atoms with Crippen molar-refractivity contribution in [2.24, 2.45) is 0 Å². The van der Waals surface area contributed by atoms with E-state index in [0.717, 1.165) is 24.3 Å². The van der Waals surface area contributed by atoms with Gasteiger partial charge in [-0.25, -0.2) is 0 Å². The van der Waals surface area contributed by atoms with Crippen LogP contribution >= 0.6 is 0 Å². The van der Waals surface area contributed by atoms with Crippen molar-refractivity contribution >= 4 is 11.0 Å². The Kier molecular flexibility index (Phi) is 2.96. The molecule has 0 saturated heterocycles. The Hall–Kier alpha value is -3.55. The van der Waals surface area contributed by atoms with Gasteiger partial charge in [-0.15, -0.1) is 0 Å². The molecule has 1 aromatic heterocycles. The van der Waals surface area contributed by atoms with Gasteiger partial charge < -0.3 is 35.1 Å². The van der Waals surface area contributed by atoms with E-state index >= 15 is 0 Å². The van der Waals surface area contributed by atoms with Gasteiger partial charge in [-0.2, -0.15) is 0 Å². The molecule has 0 aliphatic heterocycles. The molecule has 0 amide bonds. The van der Waals surface area contributed by atoms with Crippen LogP contribution in [-0.4, -0.2) is 30.6 Å². The Morgan fingerprint density at radius 2 is 1.35 bits per heavy atom. The van der Waals surface area contributed by atoms with Crippen LogP contribution in [0.15, 0.2) is 33.5 Å². The minimum Gasteiger partial charge on any atom is -0.508 e. The zero-order chi connectivity index (χ0) is 16.9. The van der Waals surface area contributed by atoms with Crippen LogP contribution in [0, 0.1) is 0 Å². The highest BCUT2D eigenvalue weighted by Gasteiger charge is 2.20. The normalized spacial score (nSPS) is 11.0. The molecule has 0 atom stereocenters. The molecule has 0 fully saturated rings. The highest BCUT2D eigenvalue weighted by atomic mass is 16.4. The summed E-state index contributed by atoms with van der Waals surface area (Å²) in [7, 11) is 0. The largest absolute Gasteiger partial charge is 0.508 e. The predicted molar refractivity (Wildman–Crippen MR) is 77.9 cm³/mol. The molecule has 0 unspecified atom stereocenters. The smallest absolute Gasteiger partial charge is 0.235 e. The van der Waals surface area contributed by atoms with Crippen molar-refractivity contribution in [3.05, 3.63) is 34.5 Å². The first-order valence-corrected chi connectivity index (χ1v) is 6.26. The average Bonchev–Trinajstić information content (AvgIpc) is 2.48. The van der Waals surface area contributed by atoms with Gasteiger partial charge in [0.15, 0.2) is 34.3 Å². The molecule has 0 radical (unpaired) electrons. The van der Waals surface area contributed by atoms with Gasteiger partial charge in [0, 0.05) is 11.6 Å². The first-order chi connectivity index (χ1) is 10.8. The van der Waals surface area contributed by atoms with Crippen LogP contribution in [0.25, 0.3) is 22.3 Å². The van der Waals surface area contributed by atoms with Gasteiger partial charge in [-0.1, -0.05) is 0 Å². The van der Waals surface area contributed by atoms with Gasteiger partial charge in [0.1, 0.15) is 5.75 Å². The summed E-state index contributed by atoms with van der Waals surface area (Å²) in [5.74, 6) is -4.39. The first kappa shape index (κ1) is 14.4. The molecule has 23 heavy (non-hydrogen) atoms. The Balaban J connectivity index is 2.40. The zero-order valence-electron chi connectivity index (χ0n) is 11.3. The second kappa shape index (κ2) is 4.73. The van der Waals surface area contributed by atoms with E-state index in [0.29, 0.717) is 0 Å². The molecule has 8 nitrogen and oxygen atoms in total. The molecular weight excluding hydrogens is 308 g/mol. The maximum absolute atomic E-state index is 12.2. The molecule has 0 spiro atoms. The Labute approximate surface area is 127 Å². The second-order valence-electron chi connectivity index (χ2n) is 4.81. The Morgan fingerprint density at radius 1 is 0.739 bits per heavy atom. The van der Waals surface area contributed by atoms with Crippen LogP contribution in [0.2, 0.25) is 0 Å². The van der Waals surface area contributed by atoms with E-state index in [1.165, 1.54) is 0 Å². The van der Waals surface area contributed by atoms with Crippen molar-refractivity contribution in [3.63, 3.8) is 0 Å². The lowest BCUT2D eigenvalue weighted by Gasteiger charge is -2.09. The minimum atomic E-state index is -0.931. The molecular formula is C15H10O8. The molecule has 3 aromatic rings. The van der Waals surface area contributed by atoms with Crippen molar-refractivity contribution in [1.82, 2.24) is 0 Å². The molecule has 0 saturated carbocycles. The lowest BCUT2D eigenvalue weighted by molar-refractivity contribution is 0.368. The topological polar surface area (TPSA) is 152 Å². The maximum atomic E-state index is 12.2. The van der Waals surface area contributed by atoms with Gasteiger partial charge in [0.05, 0.1) is 5.39 Å². The summed E-state index contributed by atoms with van der Waals surface area (Å²) >= 11 is 0. The van der Waals surface area contributed by atoms with Crippen molar-refractivity contribution in [2.75, 3.05) is 0 Å². The average molecular weight is 318 g/mol. The molecule has 6 N–H and O–H groups in total. The van der Waals surface area contributed by atoms with Crippen LogP contribution in [0.4, 0.5) is 0 Å². The summed E-state index contributed by atoms with van der Waals surface area (Å²) in [4.78, 5) is 12.2. The third kappa shape index (κ3) is 2.13. The highest BCUT2D eigenvalue weighted by molar-refractivity contribution is 5.87. The zero-order valence-corrected chi connectivity index (χ0v) is 11.3. The van der Waals surface area contributed by atoms with Gasteiger partial charge in [0.2, 0.25) is 11.2 Å². The predicted octanol–water partition coefficient (Wildman–Crippen LogP) is 1.69. The van der Waals surface area contributed by atoms with Crippen molar-refractivity contribution in [1.29, 1.82) is 0 Å². The molecule has 0 aliphatic rings. The number of hydrogen-bond donors (Lipinski definition) is 6. The molecule has 3 rings (SSSR count). The molecule has 1 heterocycles. The first-order valence-electron chi connectivity index (χ1n) is 6.26. The van der Waals surface area contributed by atoms with Gasteiger partial charge in [-0.3, -0.25) is 4.79 Å². The highest BCUT2D eigenvalue weighted by Crippen LogP contribution is 2.42. The number of fused-ring (bicyclic) bond motifs is 1. The number of aromatic hydroxyl groups is 6. The van der Waals surface area contributed by atoms with E-state index in [-0.39, 0.29) is 16.5 Å². The summed E-state index contributed by atoms with van der Waals surface area (Å²) in [6.07, 6.45) is 0. The summed E-state index contributed by atoms with van der Waals surface area (Å²) in [5, 5.41) is 57.3.